The molecule has 1 aromatic heterocycles. The molecule has 1 aromatic carbocycles. The number of nitrogens with zero attached hydrogens (tertiary/aromatic N) is 2. The zero-order valence-corrected chi connectivity index (χ0v) is 13.4. The number of pyridine rings is 1. The highest BCUT2D eigenvalue weighted by atomic mass is 35.5. The van der Waals surface area contributed by atoms with E-state index in [4.69, 9.17) is 0 Å². The summed E-state index contributed by atoms with van der Waals surface area (Å²) in [6.45, 7) is 5.38. The molecule has 1 unspecified atom stereocenters. The Balaban J connectivity index is 0.00000176. The van der Waals surface area contributed by atoms with Gasteiger partial charge in [-0.2, -0.15) is 0 Å². The number of hydrogen-bond donors (Lipinski definition) is 1. The highest BCUT2D eigenvalue weighted by molar-refractivity contribution is 5.85. The average molecular weight is 322 g/mol. The maximum Gasteiger partial charge on any atom is 0.127 e. The topological polar surface area (TPSA) is 28.2 Å². The van der Waals surface area contributed by atoms with Crippen LogP contribution in [0.1, 0.15) is 22.7 Å². The summed E-state index contributed by atoms with van der Waals surface area (Å²) in [5.41, 5.74) is 3.10. The first-order valence-corrected chi connectivity index (χ1v) is 7.34. The van der Waals surface area contributed by atoms with Gasteiger partial charge in [-0.15, -0.1) is 12.4 Å². The predicted octanol–water partition coefficient (Wildman–Crippen LogP) is 3.10. The Labute approximate surface area is 137 Å². The Morgan fingerprint density at radius 3 is 2.82 bits per heavy atom. The van der Waals surface area contributed by atoms with Crippen LogP contribution in [-0.4, -0.2) is 29.5 Å². The van der Waals surface area contributed by atoms with Crippen molar-refractivity contribution < 1.29 is 4.39 Å². The molecule has 0 radical (unpaired) electrons. The van der Waals surface area contributed by atoms with Gasteiger partial charge in [-0.3, -0.25) is 9.88 Å². The number of aromatic nitrogens is 1. The van der Waals surface area contributed by atoms with Crippen LogP contribution in [0.4, 0.5) is 4.39 Å². The standard InChI is InChI=1S/C17H20FN3.ClH/c1-13-2-3-16(18)15(10-13)12-21-9-8-20-11-17(21)14-4-6-19-7-5-14;/h2-7,10,17,20H,8-9,11-12H2,1H3;1H. The van der Waals surface area contributed by atoms with E-state index in [1.54, 1.807) is 6.07 Å². The molecule has 0 saturated carbocycles. The molecule has 1 N–H and O–H groups in total. The molecule has 22 heavy (non-hydrogen) atoms. The minimum Gasteiger partial charge on any atom is -0.314 e. The van der Waals surface area contributed by atoms with Crippen LogP contribution in [0.25, 0.3) is 0 Å². The fourth-order valence-electron chi connectivity index (χ4n) is 2.89. The van der Waals surface area contributed by atoms with E-state index >= 15 is 0 Å². The lowest BCUT2D eigenvalue weighted by Crippen LogP contribution is -2.45. The molecule has 2 aromatic rings. The molecule has 3 nitrogen and oxygen atoms in total. The van der Waals surface area contributed by atoms with Crippen LogP contribution in [-0.2, 0) is 6.54 Å². The summed E-state index contributed by atoms with van der Waals surface area (Å²) in [5.74, 6) is -0.118. The molecule has 118 valence electrons. The Hall–Kier alpha value is -1.49. The molecular formula is C17H21ClFN3. The zero-order valence-electron chi connectivity index (χ0n) is 12.6. The first-order chi connectivity index (χ1) is 10.2. The minimum atomic E-state index is -0.118. The van der Waals surface area contributed by atoms with Gasteiger partial charge in [-0.25, -0.2) is 4.39 Å². The summed E-state index contributed by atoms with van der Waals surface area (Å²) < 4.78 is 14.0. The second kappa shape index (κ2) is 7.68. The van der Waals surface area contributed by atoms with Gasteiger partial charge >= 0.3 is 0 Å². The van der Waals surface area contributed by atoms with Crippen LogP contribution < -0.4 is 5.32 Å². The largest absolute Gasteiger partial charge is 0.314 e. The lowest BCUT2D eigenvalue weighted by Gasteiger charge is -2.36. The van der Waals surface area contributed by atoms with E-state index in [1.165, 1.54) is 5.56 Å². The molecular weight excluding hydrogens is 301 g/mol. The van der Waals surface area contributed by atoms with Crippen LogP contribution in [0.3, 0.4) is 0 Å². The van der Waals surface area contributed by atoms with Gasteiger partial charge in [0.1, 0.15) is 5.82 Å². The van der Waals surface area contributed by atoms with Gasteiger partial charge in [0.25, 0.3) is 0 Å². The van der Waals surface area contributed by atoms with Crippen molar-refractivity contribution in [3.05, 3.63) is 65.2 Å². The van der Waals surface area contributed by atoms with Gasteiger partial charge in [0, 0.05) is 50.2 Å². The molecule has 1 fully saturated rings. The van der Waals surface area contributed by atoms with E-state index in [0.29, 0.717) is 6.54 Å². The Bertz CT molecular complexity index is 606. The van der Waals surface area contributed by atoms with E-state index in [1.807, 2.05) is 43.6 Å². The normalized spacial score (nSPS) is 18.7. The lowest BCUT2D eigenvalue weighted by molar-refractivity contribution is 0.152. The van der Waals surface area contributed by atoms with Gasteiger partial charge in [-0.1, -0.05) is 17.7 Å². The van der Waals surface area contributed by atoms with E-state index in [2.05, 4.69) is 15.2 Å². The summed E-state index contributed by atoms with van der Waals surface area (Å²) >= 11 is 0. The number of rotatable bonds is 3. The third kappa shape index (κ3) is 3.83. The van der Waals surface area contributed by atoms with Gasteiger partial charge in [0.15, 0.2) is 0 Å². The maximum atomic E-state index is 14.0. The molecule has 0 aliphatic carbocycles. The Morgan fingerprint density at radius 2 is 2.05 bits per heavy atom. The zero-order chi connectivity index (χ0) is 14.7. The molecule has 3 rings (SSSR count). The Morgan fingerprint density at radius 1 is 1.27 bits per heavy atom. The fraction of sp³-hybridized carbons (Fsp3) is 0.353. The van der Waals surface area contributed by atoms with Crippen molar-refractivity contribution in [3.63, 3.8) is 0 Å². The van der Waals surface area contributed by atoms with Gasteiger partial charge < -0.3 is 5.32 Å². The molecule has 1 saturated heterocycles. The Kier molecular flexibility index (Phi) is 5.89. The van der Waals surface area contributed by atoms with E-state index in [9.17, 15) is 4.39 Å². The second-order valence-electron chi connectivity index (χ2n) is 5.57. The summed E-state index contributed by atoms with van der Waals surface area (Å²) in [5, 5.41) is 3.42. The van der Waals surface area contributed by atoms with E-state index in [0.717, 1.165) is 30.8 Å². The van der Waals surface area contributed by atoms with Crippen LogP contribution in [0, 0.1) is 12.7 Å². The molecule has 1 aliphatic rings. The van der Waals surface area contributed by atoms with E-state index < -0.39 is 0 Å². The van der Waals surface area contributed by atoms with Crippen LogP contribution in [0.5, 0.6) is 0 Å². The molecule has 1 atom stereocenters. The predicted molar refractivity (Wildman–Crippen MR) is 88.6 cm³/mol. The van der Waals surface area contributed by atoms with Gasteiger partial charge in [-0.05, 0) is 30.7 Å². The summed E-state index contributed by atoms with van der Waals surface area (Å²) in [6, 6.07) is 9.67. The number of nitrogens with one attached hydrogen (secondary N) is 1. The molecule has 5 heteroatoms. The average Bonchev–Trinajstić information content (AvgIpc) is 2.52. The first kappa shape index (κ1) is 16.9. The third-order valence-corrected chi connectivity index (χ3v) is 4.02. The fourth-order valence-corrected chi connectivity index (χ4v) is 2.89. The lowest BCUT2D eigenvalue weighted by atomic mass is 10.0. The molecule has 2 heterocycles. The smallest absolute Gasteiger partial charge is 0.127 e. The highest BCUT2D eigenvalue weighted by Crippen LogP contribution is 2.24. The highest BCUT2D eigenvalue weighted by Gasteiger charge is 2.24. The van der Waals surface area contributed by atoms with Crippen molar-refractivity contribution in [1.29, 1.82) is 0 Å². The monoisotopic (exact) mass is 321 g/mol. The summed E-state index contributed by atoms with van der Waals surface area (Å²) in [7, 11) is 0. The molecule has 1 aliphatic heterocycles. The summed E-state index contributed by atoms with van der Waals surface area (Å²) in [6.07, 6.45) is 3.63. The van der Waals surface area contributed by atoms with E-state index in [-0.39, 0.29) is 24.3 Å². The molecule has 0 amide bonds. The van der Waals surface area contributed by atoms with Crippen LogP contribution in [0.15, 0.2) is 42.7 Å². The number of piperazine rings is 1. The van der Waals surface area contributed by atoms with Crippen molar-refractivity contribution in [2.75, 3.05) is 19.6 Å². The van der Waals surface area contributed by atoms with Crippen LogP contribution >= 0.6 is 12.4 Å². The minimum absolute atomic E-state index is 0. The first-order valence-electron chi connectivity index (χ1n) is 7.34. The van der Waals surface area contributed by atoms with Crippen molar-refractivity contribution in [2.24, 2.45) is 0 Å². The van der Waals surface area contributed by atoms with Gasteiger partial charge in [0.05, 0.1) is 0 Å². The van der Waals surface area contributed by atoms with Crippen molar-refractivity contribution in [2.45, 2.75) is 19.5 Å². The van der Waals surface area contributed by atoms with Gasteiger partial charge in [0.2, 0.25) is 0 Å². The third-order valence-electron chi connectivity index (χ3n) is 4.02. The number of benzene rings is 1. The molecule has 0 bridgehead atoms. The second-order valence-corrected chi connectivity index (χ2v) is 5.57. The van der Waals surface area contributed by atoms with Crippen molar-refractivity contribution in [3.8, 4) is 0 Å². The maximum absolute atomic E-state index is 14.0. The van der Waals surface area contributed by atoms with Crippen molar-refractivity contribution >= 4 is 12.4 Å². The summed E-state index contributed by atoms with van der Waals surface area (Å²) in [4.78, 5) is 6.41. The van der Waals surface area contributed by atoms with Crippen LogP contribution in [0.2, 0.25) is 0 Å². The number of aryl methyl sites for hydroxylation is 1. The molecule has 0 spiro atoms. The van der Waals surface area contributed by atoms with Crippen molar-refractivity contribution in [1.82, 2.24) is 15.2 Å². The number of halogens is 2. The number of hydrogen-bond acceptors (Lipinski definition) is 3. The quantitative estimate of drug-likeness (QED) is 0.941. The SMILES string of the molecule is Cc1ccc(F)c(CN2CCNCC2c2ccncc2)c1.Cl.